The van der Waals surface area contributed by atoms with Crippen LogP contribution in [0.1, 0.15) is 5.56 Å². The van der Waals surface area contributed by atoms with Gasteiger partial charge in [0.2, 0.25) is 0 Å². The maximum Gasteiger partial charge on any atom is 0.271 e. The van der Waals surface area contributed by atoms with E-state index in [2.05, 4.69) is 0 Å². The Labute approximate surface area is 153 Å². The molecule has 2 aromatic rings. The number of fused-ring (bicyclic) bond motifs is 1. The van der Waals surface area contributed by atoms with Crippen LogP contribution >= 0.6 is 24.0 Å². The third-order valence-electron chi connectivity index (χ3n) is 4.14. The lowest BCUT2D eigenvalue weighted by Gasteiger charge is -2.14. The lowest BCUT2D eigenvalue weighted by atomic mass is 10.1. The number of benzene rings is 2. The summed E-state index contributed by atoms with van der Waals surface area (Å²) in [5.74, 6) is -0.534. The van der Waals surface area contributed by atoms with E-state index >= 15 is 0 Å². The fourth-order valence-corrected chi connectivity index (χ4v) is 4.33. The van der Waals surface area contributed by atoms with Crippen LogP contribution in [0.25, 0.3) is 5.57 Å². The molecular weight excluding hydrogens is 356 g/mol. The Morgan fingerprint density at radius 2 is 1.80 bits per heavy atom. The Morgan fingerprint density at radius 1 is 1.04 bits per heavy atom. The summed E-state index contributed by atoms with van der Waals surface area (Å²) in [6, 6.07) is 13.7. The molecule has 0 radical (unpaired) electrons. The normalized spacial score (nSPS) is 19.8. The molecule has 5 nitrogen and oxygen atoms in total. The standard InChI is InChI=1S/C18H12N2O3S2/c1-19-13-8-3-2-7-12(13)14(16(19)22)15-17(23)20(18(24)25-15)10-5-4-6-11(21)9-10/h2-9,21H,1H3/b15-14-. The van der Waals surface area contributed by atoms with E-state index in [-0.39, 0.29) is 17.6 Å². The number of thioether (sulfide) groups is 1. The van der Waals surface area contributed by atoms with Gasteiger partial charge in [0, 0.05) is 18.7 Å². The number of thiocarbonyl (C=S) groups is 1. The van der Waals surface area contributed by atoms with Crippen molar-refractivity contribution in [2.45, 2.75) is 0 Å². The number of phenols is 1. The van der Waals surface area contributed by atoms with Crippen molar-refractivity contribution in [3.05, 3.63) is 59.0 Å². The summed E-state index contributed by atoms with van der Waals surface area (Å²) in [5, 5.41) is 9.67. The first-order valence-electron chi connectivity index (χ1n) is 7.46. The predicted molar refractivity (Wildman–Crippen MR) is 103 cm³/mol. The molecule has 0 bridgehead atoms. The van der Waals surface area contributed by atoms with Gasteiger partial charge in [0.05, 0.1) is 21.9 Å². The molecule has 0 atom stereocenters. The first-order chi connectivity index (χ1) is 12.0. The lowest BCUT2D eigenvalue weighted by Crippen LogP contribution is -2.28. The highest BCUT2D eigenvalue weighted by atomic mass is 32.2. The largest absolute Gasteiger partial charge is 0.508 e. The number of aromatic hydroxyl groups is 1. The molecule has 2 aliphatic rings. The van der Waals surface area contributed by atoms with E-state index in [1.165, 1.54) is 21.9 Å². The van der Waals surface area contributed by atoms with Gasteiger partial charge in [-0.1, -0.05) is 48.2 Å². The summed E-state index contributed by atoms with van der Waals surface area (Å²) in [6.45, 7) is 0. The van der Waals surface area contributed by atoms with Gasteiger partial charge in [-0.3, -0.25) is 14.5 Å². The summed E-state index contributed by atoms with van der Waals surface area (Å²) in [6.07, 6.45) is 0. The summed E-state index contributed by atoms with van der Waals surface area (Å²) in [4.78, 5) is 28.9. The fraction of sp³-hybridized carbons (Fsp3) is 0.0556. The molecule has 1 saturated heterocycles. The van der Waals surface area contributed by atoms with Crippen LogP contribution in [0.4, 0.5) is 11.4 Å². The van der Waals surface area contributed by atoms with Gasteiger partial charge >= 0.3 is 0 Å². The van der Waals surface area contributed by atoms with Gasteiger partial charge in [0.1, 0.15) is 5.75 Å². The second-order valence-corrected chi connectivity index (χ2v) is 7.26. The Bertz CT molecular complexity index is 984. The molecule has 1 N–H and O–H groups in total. The summed E-state index contributed by atoms with van der Waals surface area (Å²) >= 11 is 6.46. The van der Waals surface area contributed by atoms with Gasteiger partial charge < -0.3 is 10.0 Å². The highest BCUT2D eigenvalue weighted by Crippen LogP contribution is 2.45. The molecule has 124 valence electrons. The lowest BCUT2D eigenvalue weighted by molar-refractivity contribution is -0.115. The number of para-hydroxylation sites is 1. The minimum atomic E-state index is -0.353. The Hall–Kier alpha value is -2.64. The second kappa shape index (κ2) is 5.72. The number of amides is 2. The van der Waals surface area contributed by atoms with E-state index < -0.39 is 0 Å². The van der Waals surface area contributed by atoms with Gasteiger partial charge in [-0.25, -0.2) is 0 Å². The molecule has 0 aliphatic carbocycles. The van der Waals surface area contributed by atoms with Crippen LogP contribution in [0.15, 0.2) is 53.4 Å². The van der Waals surface area contributed by atoms with E-state index in [0.29, 0.717) is 20.5 Å². The van der Waals surface area contributed by atoms with E-state index in [1.807, 2.05) is 24.3 Å². The zero-order chi connectivity index (χ0) is 17.7. The highest BCUT2D eigenvalue weighted by molar-refractivity contribution is 8.27. The number of carbonyl (C=O) groups is 2. The monoisotopic (exact) mass is 368 g/mol. The summed E-state index contributed by atoms with van der Waals surface area (Å²) < 4.78 is 0.331. The zero-order valence-electron chi connectivity index (χ0n) is 13.1. The van der Waals surface area contributed by atoms with Crippen molar-refractivity contribution in [1.82, 2.24) is 0 Å². The molecule has 2 aliphatic heterocycles. The molecule has 25 heavy (non-hydrogen) atoms. The number of nitrogens with zero attached hydrogens (tertiary/aromatic N) is 2. The Kier molecular flexibility index (Phi) is 3.63. The molecular formula is C18H12N2O3S2. The van der Waals surface area contributed by atoms with Crippen LogP contribution < -0.4 is 9.80 Å². The Morgan fingerprint density at radius 3 is 2.56 bits per heavy atom. The first kappa shape index (κ1) is 15.9. The van der Waals surface area contributed by atoms with Crippen LogP contribution in [0.3, 0.4) is 0 Å². The minimum Gasteiger partial charge on any atom is -0.508 e. The quantitative estimate of drug-likeness (QED) is 0.619. The smallest absolute Gasteiger partial charge is 0.271 e. The molecule has 7 heteroatoms. The average Bonchev–Trinajstić information content (AvgIpc) is 3.02. The fourth-order valence-electron chi connectivity index (χ4n) is 2.96. The predicted octanol–water partition coefficient (Wildman–Crippen LogP) is 3.14. The third-order valence-corrected chi connectivity index (χ3v) is 5.51. The van der Waals surface area contributed by atoms with E-state index in [9.17, 15) is 14.7 Å². The average molecular weight is 368 g/mol. The molecule has 0 aromatic heterocycles. The van der Waals surface area contributed by atoms with E-state index in [0.717, 1.165) is 23.0 Å². The van der Waals surface area contributed by atoms with Crippen molar-refractivity contribution >= 4 is 57.1 Å². The number of carbonyl (C=O) groups excluding carboxylic acids is 2. The van der Waals surface area contributed by atoms with Crippen molar-refractivity contribution < 1.29 is 14.7 Å². The number of likely N-dealkylation sites (N-methyl/N-ethyl adjacent to an activating group) is 1. The van der Waals surface area contributed by atoms with Crippen molar-refractivity contribution in [1.29, 1.82) is 0 Å². The van der Waals surface area contributed by atoms with Crippen molar-refractivity contribution in [2.75, 3.05) is 16.8 Å². The van der Waals surface area contributed by atoms with Gasteiger partial charge in [-0.2, -0.15) is 0 Å². The molecule has 2 amide bonds. The van der Waals surface area contributed by atoms with Gasteiger partial charge in [-0.05, 0) is 18.2 Å². The van der Waals surface area contributed by atoms with E-state index in [4.69, 9.17) is 12.2 Å². The maximum atomic E-state index is 13.0. The molecule has 2 aromatic carbocycles. The van der Waals surface area contributed by atoms with Crippen LogP contribution in [-0.2, 0) is 9.59 Å². The van der Waals surface area contributed by atoms with Crippen molar-refractivity contribution in [3.63, 3.8) is 0 Å². The summed E-state index contributed by atoms with van der Waals surface area (Å²) in [5.41, 5.74) is 2.35. The van der Waals surface area contributed by atoms with Gasteiger partial charge in [0.15, 0.2) is 4.32 Å². The minimum absolute atomic E-state index is 0.0428. The van der Waals surface area contributed by atoms with Crippen LogP contribution in [0.5, 0.6) is 5.75 Å². The Balaban J connectivity index is 1.85. The second-order valence-electron chi connectivity index (χ2n) is 5.61. The summed E-state index contributed by atoms with van der Waals surface area (Å²) in [7, 11) is 1.68. The maximum absolute atomic E-state index is 13.0. The van der Waals surface area contributed by atoms with Crippen LogP contribution in [0, 0.1) is 0 Å². The number of anilines is 2. The van der Waals surface area contributed by atoms with Gasteiger partial charge in [0.25, 0.3) is 11.8 Å². The van der Waals surface area contributed by atoms with Gasteiger partial charge in [-0.15, -0.1) is 0 Å². The molecule has 0 saturated carbocycles. The topological polar surface area (TPSA) is 60.9 Å². The molecule has 0 spiro atoms. The third kappa shape index (κ3) is 2.35. The number of phenolic OH excluding ortho intramolecular Hbond substituents is 1. The molecule has 1 fully saturated rings. The molecule has 2 heterocycles. The molecule has 4 rings (SSSR count). The highest BCUT2D eigenvalue weighted by Gasteiger charge is 2.41. The number of rotatable bonds is 1. The zero-order valence-corrected chi connectivity index (χ0v) is 14.7. The number of hydrogen-bond donors (Lipinski definition) is 1. The van der Waals surface area contributed by atoms with Crippen molar-refractivity contribution in [2.24, 2.45) is 0 Å². The van der Waals surface area contributed by atoms with Crippen LogP contribution in [0.2, 0.25) is 0 Å². The first-order valence-corrected chi connectivity index (χ1v) is 8.68. The SMILES string of the molecule is CN1C(=O)/C(=C2\SC(=S)N(c3cccc(O)c3)C2=O)c2ccccc21. The molecule has 0 unspecified atom stereocenters. The number of hydrogen-bond acceptors (Lipinski definition) is 5. The van der Waals surface area contributed by atoms with Crippen molar-refractivity contribution in [3.8, 4) is 5.75 Å². The van der Waals surface area contributed by atoms with E-state index in [1.54, 1.807) is 19.2 Å². The van der Waals surface area contributed by atoms with Crippen LogP contribution in [-0.4, -0.2) is 28.3 Å².